The van der Waals surface area contributed by atoms with E-state index in [9.17, 15) is 4.79 Å². The Morgan fingerprint density at radius 2 is 1.68 bits per heavy atom. The van der Waals surface area contributed by atoms with Crippen LogP contribution in [-0.2, 0) is 4.79 Å². The molecule has 2 aliphatic heterocycles. The van der Waals surface area contributed by atoms with Crippen molar-refractivity contribution in [1.29, 1.82) is 0 Å². The van der Waals surface area contributed by atoms with E-state index in [4.69, 9.17) is 5.73 Å². The molecule has 0 aromatic heterocycles. The van der Waals surface area contributed by atoms with Crippen LogP contribution in [0.25, 0.3) is 0 Å². The summed E-state index contributed by atoms with van der Waals surface area (Å²) in [4.78, 5) is 17.2. The number of carbonyl (C=O) groups excluding carboxylic acids is 1. The van der Waals surface area contributed by atoms with Crippen LogP contribution in [0.1, 0.15) is 53.4 Å². The Morgan fingerprint density at radius 1 is 1.11 bits per heavy atom. The number of carbonyl (C=O) groups is 1. The van der Waals surface area contributed by atoms with Gasteiger partial charge in [-0.15, -0.1) is 0 Å². The molecule has 2 fully saturated rings. The van der Waals surface area contributed by atoms with Crippen LogP contribution >= 0.6 is 0 Å². The summed E-state index contributed by atoms with van der Waals surface area (Å²) in [5.41, 5.74) is 5.98. The summed E-state index contributed by atoms with van der Waals surface area (Å²) in [6.45, 7) is 9.50. The van der Waals surface area contributed by atoms with Crippen LogP contribution in [0.3, 0.4) is 0 Å². The number of amides is 1. The molecule has 5 unspecified atom stereocenters. The van der Waals surface area contributed by atoms with Gasteiger partial charge in [0.25, 0.3) is 0 Å². The second-order valence-corrected chi connectivity index (χ2v) is 6.56. The molecule has 2 heterocycles. The Labute approximate surface area is 117 Å². The predicted octanol–water partition coefficient (Wildman–Crippen LogP) is 1.59. The van der Waals surface area contributed by atoms with E-state index < -0.39 is 0 Å². The topological polar surface area (TPSA) is 49.6 Å². The third-order valence-corrected chi connectivity index (χ3v) is 5.02. The van der Waals surface area contributed by atoms with E-state index in [1.165, 1.54) is 12.8 Å². The highest BCUT2D eigenvalue weighted by atomic mass is 16.2. The first kappa shape index (κ1) is 14.8. The Kier molecular flexibility index (Phi) is 4.51. The van der Waals surface area contributed by atoms with Gasteiger partial charge in [-0.1, -0.05) is 0 Å². The molecule has 5 atom stereocenters. The summed E-state index contributed by atoms with van der Waals surface area (Å²) in [6.07, 6.45) is 4.29. The van der Waals surface area contributed by atoms with Gasteiger partial charge in [0, 0.05) is 30.7 Å². The third-order valence-electron chi connectivity index (χ3n) is 5.02. The van der Waals surface area contributed by atoms with E-state index in [-0.39, 0.29) is 18.1 Å². The lowest BCUT2D eigenvalue weighted by molar-refractivity contribution is -0.141. The van der Waals surface area contributed by atoms with Crippen molar-refractivity contribution in [3.63, 3.8) is 0 Å². The van der Waals surface area contributed by atoms with E-state index in [1.807, 2.05) is 4.90 Å². The molecule has 0 aliphatic carbocycles. The fourth-order valence-electron chi connectivity index (χ4n) is 3.88. The summed E-state index contributed by atoms with van der Waals surface area (Å²) in [6, 6.07) is 1.60. The monoisotopic (exact) mass is 267 g/mol. The third kappa shape index (κ3) is 2.95. The molecule has 2 aliphatic rings. The highest BCUT2D eigenvalue weighted by molar-refractivity contribution is 5.82. The Bertz CT molecular complexity index is 323. The average molecular weight is 267 g/mol. The minimum atomic E-state index is 0.00396. The van der Waals surface area contributed by atoms with E-state index in [1.54, 1.807) is 0 Å². The molecule has 0 aromatic rings. The van der Waals surface area contributed by atoms with Crippen LogP contribution in [0.15, 0.2) is 0 Å². The zero-order chi connectivity index (χ0) is 14.2. The lowest BCUT2D eigenvalue weighted by atomic mass is 9.98. The van der Waals surface area contributed by atoms with Crippen LogP contribution in [0.2, 0.25) is 0 Å². The zero-order valence-electron chi connectivity index (χ0n) is 12.8. The maximum atomic E-state index is 12.7. The molecule has 2 saturated heterocycles. The van der Waals surface area contributed by atoms with E-state index in [2.05, 4.69) is 32.6 Å². The van der Waals surface area contributed by atoms with Gasteiger partial charge in [0.1, 0.15) is 0 Å². The Balaban J connectivity index is 2.02. The molecule has 0 radical (unpaired) electrons. The van der Waals surface area contributed by atoms with Gasteiger partial charge in [-0.25, -0.2) is 0 Å². The van der Waals surface area contributed by atoms with Crippen molar-refractivity contribution < 1.29 is 4.79 Å². The van der Waals surface area contributed by atoms with Crippen molar-refractivity contribution >= 4 is 5.91 Å². The van der Waals surface area contributed by atoms with Crippen molar-refractivity contribution in [2.75, 3.05) is 6.54 Å². The minimum absolute atomic E-state index is 0.00396. The quantitative estimate of drug-likeness (QED) is 0.826. The number of piperidine rings is 1. The van der Waals surface area contributed by atoms with Gasteiger partial charge in [0.05, 0.1) is 6.04 Å². The molecular weight excluding hydrogens is 238 g/mol. The summed E-state index contributed by atoms with van der Waals surface area (Å²) < 4.78 is 0. The summed E-state index contributed by atoms with van der Waals surface area (Å²) >= 11 is 0. The number of rotatable bonds is 2. The lowest BCUT2D eigenvalue weighted by Crippen LogP contribution is -2.56. The second kappa shape index (κ2) is 5.80. The molecule has 0 bridgehead atoms. The normalized spacial score (nSPS) is 38.5. The molecular formula is C15H29N3O. The number of likely N-dealkylation sites (tertiary alicyclic amines) is 2. The van der Waals surface area contributed by atoms with Crippen molar-refractivity contribution in [3.05, 3.63) is 0 Å². The van der Waals surface area contributed by atoms with Crippen molar-refractivity contribution in [1.82, 2.24) is 9.80 Å². The lowest BCUT2D eigenvalue weighted by Gasteiger charge is -2.41. The first-order valence-corrected chi connectivity index (χ1v) is 7.75. The smallest absolute Gasteiger partial charge is 0.239 e. The molecule has 110 valence electrons. The highest BCUT2D eigenvalue weighted by Gasteiger charge is 2.38. The van der Waals surface area contributed by atoms with Crippen LogP contribution in [0, 0.1) is 0 Å². The summed E-state index contributed by atoms with van der Waals surface area (Å²) in [5, 5.41) is 0. The van der Waals surface area contributed by atoms with E-state index in [0.717, 1.165) is 19.4 Å². The van der Waals surface area contributed by atoms with Crippen LogP contribution < -0.4 is 5.73 Å². The fraction of sp³-hybridized carbons (Fsp3) is 0.933. The van der Waals surface area contributed by atoms with Gasteiger partial charge in [-0.3, -0.25) is 9.69 Å². The zero-order valence-corrected chi connectivity index (χ0v) is 12.8. The first-order chi connectivity index (χ1) is 8.91. The number of nitrogens with zero attached hydrogens (tertiary/aromatic N) is 2. The average Bonchev–Trinajstić information content (AvgIpc) is 2.67. The number of nitrogens with two attached hydrogens (primary N) is 1. The molecule has 1 amide bonds. The largest absolute Gasteiger partial charge is 0.339 e. The molecule has 0 aromatic carbocycles. The minimum Gasteiger partial charge on any atom is -0.339 e. The van der Waals surface area contributed by atoms with Gasteiger partial charge in [0.2, 0.25) is 5.91 Å². The van der Waals surface area contributed by atoms with Crippen molar-refractivity contribution in [3.8, 4) is 0 Å². The van der Waals surface area contributed by atoms with Crippen molar-refractivity contribution in [2.24, 2.45) is 5.73 Å². The second-order valence-electron chi connectivity index (χ2n) is 6.56. The van der Waals surface area contributed by atoms with Gasteiger partial charge in [0.15, 0.2) is 0 Å². The molecule has 4 heteroatoms. The van der Waals surface area contributed by atoms with Gasteiger partial charge in [-0.05, 0) is 53.4 Å². The first-order valence-electron chi connectivity index (χ1n) is 7.75. The maximum absolute atomic E-state index is 12.7. The van der Waals surface area contributed by atoms with Gasteiger partial charge >= 0.3 is 0 Å². The summed E-state index contributed by atoms with van der Waals surface area (Å²) in [5.74, 6) is 0.292. The van der Waals surface area contributed by atoms with Crippen LogP contribution in [0.4, 0.5) is 0 Å². The van der Waals surface area contributed by atoms with Gasteiger partial charge < -0.3 is 10.6 Å². The SMILES string of the molecule is CC1CC(N)CCN1C(=O)C(C)N1C(C)CCC1C. The van der Waals surface area contributed by atoms with E-state index in [0.29, 0.717) is 18.0 Å². The Hall–Kier alpha value is -0.610. The predicted molar refractivity (Wildman–Crippen MR) is 77.8 cm³/mol. The number of hydrogen-bond donors (Lipinski definition) is 1. The van der Waals surface area contributed by atoms with Crippen LogP contribution in [-0.4, -0.2) is 52.5 Å². The Morgan fingerprint density at radius 3 is 2.21 bits per heavy atom. The van der Waals surface area contributed by atoms with Crippen LogP contribution in [0.5, 0.6) is 0 Å². The van der Waals surface area contributed by atoms with Crippen molar-refractivity contribution in [2.45, 2.75) is 83.6 Å². The molecule has 19 heavy (non-hydrogen) atoms. The summed E-state index contributed by atoms with van der Waals surface area (Å²) in [7, 11) is 0. The molecule has 0 saturated carbocycles. The van der Waals surface area contributed by atoms with E-state index >= 15 is 0 Å². The standard InChI is InChI=1S/C15H29N3O/c1-10-5-6-11(2)18(10)13(4)15(19)17-8-7-14(16)9-12(17)3/h10-14H,5-9,16H2,1-4H3. The molecule has 2 N–H and O–H groups in total. The molecule has 4 nitrogen and oxygen atoms in total. The molecule has 2 rings (SSSR count). The maximum Gasteiger partial charge on any atom is 0.239 e. The highest BCUT2D eigenvalue weighted by Crippen LogP contribution is 2.27. The number of hydrogen-bond acceptors (Lipinski definition) is 3. The molecule has 0 spiro atoms. The fourth-order valence-corrected chi connectivity index (χ4v) is 3.88. The van der Waals surface area contributed by atoms with Gasteiger partial charge in [-0.2, -0.15) is 0 Å².